The van der Waals surface area contributed by atoms with Crippen LogP contribution in [0.3, 0.4) is 0 Å². The Morgan fingerprint density at radius 2 is 1.67 bits per heavy atom. The molecule has 0 spiro atoms. The van der Waals surface area contributed by atoms with E-state index in [9.17, 15) is 38.9 Å². The highest BCUT2D eigenvalue weighted by Crippen LogP contribution is 2.42. The van der Waals surface area contributed by atoms with Crippen LogP contribution < -0.4 is 20.3 Å². The Hall–Kier alpha value is -7.05. The number of β-amino-alcohol motifs (C(OH)–C–C–N with tert-alkyl or cyclic N) is 2. The Balaban J connectivity index is 0.723. The zero-order valence-corrected chi connectivity index (χ0v) is 51.1. The van der Waals surface area contributed by atoms with Gasteiger partial charge in [-0.05, 0) is 123 Å². The molecule has 0 radical (unpaired) electrons. The van der Waals surface area contributed by atoms with Gasteiger partial charge in [0.05, 0.1) is 45.6 Å². The number of piperidine rings is 1. The van der Waals surface area contributed by atoms with E-state index in [0.29, 0.717) is 98.1 Å². The number of fused-ring (bicyclic) bond motifs is 2. The maximum Gasteiger partial charge on any atom is 0.319 e. The number of rotatable bonds is 18. The summed E-state index contributed by atoms with van der Waals surface area (Å²) in [5, 5.41) is 39.8. The first-order valence-electron chi connectivity index (χ1n) is 30.4. The maximum atomic E-state index is 17.2. The molecule has 19 nitrogen and oxygen atoms in total. The van der Waals surface area contributed by atoms with E-state index in [0.717, 1.165) is 42.2 Å². The molecule has 5 N–H and O–H groups in total. The number of aryl methyl sites for hydroxylation is 2. The first kappa shape index (κ1) is 61.6. The highest BCUT2D eigenvalue weighted by molar-refractivity contribution is 7.13. The zero-order valence-electron chi connectivity index (χ0n) is 50.3. The third kappa shape index (κ3) is 13.4. The van der Waals surface area contributed by atoms with Crippen molar-refractivity contribution in [1.82, 2.24) is 50.2 Å². The monoisotopic (exact) mass is 1220 g/mol. The molecule has 11 rings (SSSR count). The van der Waals surface area contributed by atoms with Gasteiger partial charge < -0.3 is 45.4 Å². The summed E-state index contributed by atoms with van der Waals surface area (Å²) in [6.45, 7) is 16.5. The zero-order chi connectivity index (χ0) is 61.7. The molecule has 3 aromatic carbocycles. The fourth-order valence-corrected chi connectivity index (χ4v) is 13.7. The van der Waals surface area contributed by atoms with Crippen LogP contribution in [-0.4, -0.2) is 186 Å². The van der Waals surface area contributed by atoms with E-state index in [-0.39, 0.29) is 79.3 Å². The number of phenolic OH excluding ortho intramolecular Hbond substituents is 1. The number of piperazine rings is 1. The van der Waals surface area contributed by atoms with Gasteiger partial charge in [0.1, 0.15) is 46.8 Å². The maximum absolute atomic E-state index is 17.2. The number of hydrogen-bond donors (Lipinski definition) is 5. The number of hydrogen-bond acceptors (Lipinski definition) is 16. The van der Waals surface area contributed by atoms with Crippen LogP contribution in [0.5, 0.6) is 11.8 Å². The number of likely N-dealkylation sites (tertiary alicyclic amines) is 2. The summed E-state index contributed by atoms with van der Waals surface area (Å²) in [5.74, 6) is -3.13. The van der Waals surface area contributed by atoms with Crippen molar-refractivity contribution in [3.8, 4) is 33.5 Å². The molecule has 0 bridgehead atoms. The molecule has 87 heavy (non-hydrogen) atoms. The van der Waals surface area contributed by atoms with Crippen LogP contribution in [0.15, 0.2) is 60.2 Å². The summed E-state index contributed by atoms with van der Waals surface area (Å²) in [7, 11) is 0. The van der Waals surface area contributed by atoms with Crippen molar-refractivity contribution >= 4 is 62.5 Å². The number of aromatic hydroxyl groups is 1. The number of phenols is 1. The van der Waals surface area contributed by atoms with Gasteiger partial charge in [0.2, 0.25) is 17.7 Å². The number of anilines is 1. The second-order valence-corrected chi connectivity index (χ2v) is 26.6. The van der Waals surface area contributed by atoms with Gasteiger partial charge in [-0.1, -0.05) is 58.0 Å². The van der Waals surface area contributed by atoms with E-state index >= 15 is 8.78 Å². The molecule has 23 heteroatoms. The first-order chi connectivity index (χ1) is 41.4. The number of benzene rings is 3. The lowest BCUT2D eigenvalue weighted by molar-refractivity contribution is -0.145. The van der Waals surface area contributed by atoms with E-state index in [1.54, 1.807) is 39.3 Å². The molecule has 6 atom stereocenters. The van der Waals surface area contributed by atoms with Crippen molar-refractivity contribution in [2.75, 3.05) is 76.9 Å². The van der Waals surface area contributed by atoms with E-state index < -0.39 is 70.3 Å². The highest BCUT2D eigenvalue weighted by Gasteiger charge is 2.53. The Morgan fingerprint density at radius 3 is 2.36 bits per heavy atom. The predicted molar refractivity (Wildman–Crippen MR) is 325 cm³/mol. The fourth-order valence-electron chi connectivity index (χ4n) is 12.9. The van der Waals surface area contributed by atoms with Crippen LogP contribution in [0, 0.1) is 24.0 Å². The summed E-state index contributed by atoms with van der Waals surface area (Å²) in [6.07, 6.45) is 3.30. The minimum atomic E-state index is -2.02. The lowest BCUT2D eigenvalue weighted by Crippen LogP contribution is -2.59. The van der Waals surface area contributed by atoms with Crippen molar-refractivity contribution in [2.45, 2.75) is 141 Å². The number of nitrogens with zero attached hydrogens (tertiary/aromatic N) is 9. The number of ether oxygens (including phenoxy) is 1. The average molecular weight is 1220 g/mol. The smallest absolute Gasteiger partial charge is 0.319 e. The predicted octanol–water partition coefficient (Wildman–Crippen LogP) is 7.40. The van der Waals surface area contributed by atoms with Crippen LogP contribution in [0.2, 0.25) is 0 Å². The average Bonchev–Trinajstić information content (AvgIpc) is 1.74. The Morgan fingerprint density at radius 1 is 0.920 bits per heavy atom. The quantitative estimate of drug-likeness (QED) is 0.0565. The normalized spacial score (nSPS) is 22.4. The van der Waals surface area contributed by atoms with Crippen LogP contribution in [0.25, 0.3) is 43.4 Å². The second kappa shape index (κ2) is 24.8. The van der Waals surface area contributed by atoms with Gasteiger partial charge in [0, 0.05) is 77.1 Å². The van der Waals surface area contributed by atoms with E-state index in [1.165, 1.54) is 40.6 Å². The molecule has 1 unspecified atom stereocenters. The molecule has 5 aliphatic rings. The number of carbonyl (C=O) groups excluding carboxylic acids is 4. The van der Waals surface area contributed by atoms with Crippen LogP contribution >= 0.6 is 11.3 Å². The Bertz CT molecular complexity index is 3570. The van der Waals surface area contributed by atoms with E-state index in [1.807, 2.05) is 47.9 Å². The number of aliphatic hydroxyl groups is 2. The number of carbonyl (C=O) groups is 4. The third-order valence-corrected chi connectivity index (χ3v) is 18.9. The molecule has 6 aromatic rings. The number of aromatic nitrogens is 4. The SMILES string of the molecule is CCc1c(F)ccc2cc(O)cc(-c3ncc4c(N5CCC[C@@](C)(O)C5)nc(OC5CCN(CCCN6CCN(C(=O)C[C@H](NC(=O)[C@@H]7C[C@@H](O)CN7C(=O)[C@@H](NC(=O)C7(F)CC7)C(C)(C)C)c7ccc(-c8scnc8C)cc7)CC6)C5)nc4c3F)c12. The van der Waals surface area contributed by atoms with Crippen LogP contribution in [0.4, 0.5) is 19.0 Å². The minimum Gasteiger partial charge on any atom is -0.508 e. The topological polar surface area (TPSA) is 230 Å². The van der Waals surface area contributed by atoms with Gasteiger partial charge in [-0.3, -0.25) is 34.0 Å². The third-order valence-electron chi connectivity index (χ3n) is 17.9. The number of pyridine rings is 1. The Labute approximate surface area is 508 Å². The highest BCUT2D eigenvalue weighted by atomic mass is 32.1. The number of alkyl halides is 1. The molecule has 7 heterocycles. The van der Waals surface area contributed by atoms with Crippen molar-refractivity contribution in [2.24, 2.45) is 5.41 Å². The Kier molecular flexibility index (Phi) is 17.6. The number of halogens is 3. The molecule has 4 saturated heterocycles. The number of amides is 4. The summed E-state index contributed by atoms with van der Waals surface area (Å²) in [4.78, 5) is 85.0. The first-order valence-corrected chi connectivity index (χ1v) is 31.3. The summed E-state index contributed by atoms with van der Waals surface area (Å²) in [6, 6.07) is 10.3. The van der Waals surface area contributed by atoms with Gasteiger partial charge in [-0.25, -0.2) is 18.2 Å². The van der Waals surface area contributed by atoms with Crippen molar-refractivity contribution in [1.29, 1.82) is 0 Å². The number of aliphatic hydroxyl groups excluding tert-OH is 1. The van der Waals surface area contributed by atoms with Crippen molar-refractivity contribution in [3.63, 3.8) is 0 Å². The molecule has 3 aromatic heterocycles. The van der Waals surface area contributed by atoms with E-state index in [4.69, 9.17) is 9.72 Å². The lowest BCUT2D eigenvalue weighted by Gasteiger charge is -2.38. The van der Waals surface area contributed by atoms with Gasteiger partial charge in [0.25, 0.3) is 5.91 Å². The molecule has 1 saturated carbocycles. The second-order valence-electron chi connectivity index (χ2n) is 25.7. The molecule has 464 valence electrons. The molecule has 5 fully saturated rings. The van der Waals surface area contributed by atoms with Gasteiger partial charge in [-0.15, -0.1) is 11.3 Å². The summed E-state index contributed by atoms with van der Waals surface area (Å²) < 4.78 is 53.8. The largest absolute Gasteiger partial charge is 0.508 e. The molecule has 4 aliphatic heterocycles. The van der Waals surface area contributed by atoms with Gasteiger partial charge in [0.15, 0.2) is 11.5 Å². The molecular formula is C64H78F3N11O8S. The van der Waals surface area contributed by atoms with E-state index in [2.05, 4.69) is 35.4 Å². The molecule has 4 amide bonds. The number of nitrogens with one attached hydrogen (secondary N) is 2. The number of thiazole rings is 1. The lowest BCUT2D eigenvalue weighted by atomic mass is 9.85. The fraction of sp³-hybridized carbons (Fsp3) is 0.531. The summed E-state index contributed by atoms with van der Waals surface area (Å²) >= 11 is 1.51. The van der Waals surface area contributed by atoms with Gasteiger partial charge >= 0.3 is 6.01 Å². The minimum absolute atomic E-state index is 0.0139. The van der Waals surface area contributed by atoms with Crippen LogP contribution in [0.1, 0.15) is 109 Å². The van der Waals surface area contributed by atoms with Crippen molar-refractivity contribution in [3.05, 3.63) is 88.7 Å². The molecule has 1 aliphatic carbocycles. The molecular weight excluding hydrogens is 1140 g/mol. The van der Waals surface area contributed by atoms with Crippen molar-refractivity contribution < 1.29 is 52.4 Å². The van der Waals surface area contributed by atoms with Crippen LogP contribution in [-0.2, 0) is 25.6 Å². The summed E-state index contributed by atoms with van der Waals surface area (Å²) in [5.41, 5.74) is 0.841. The van der Waals surface area contributed by atoms with Gasteiger partial charge in [-0.2, -0.15) is 9.97 Å². The standard InChI is InChI=1S/C64H78F3N11O8S/c1-7-44-47(65)15-14-40-28-41(79)29-45(51(40)44)53-52(66)54-46(32-68-53)57(77-22-8-17-63(6,85)35-77)73-61(71-54)86-43-16-23-75(34-43)21-9-20-74-24-26-76(27-25-74)50(81)31-48(38-10-12-39(13-11-38)55-37(2)69-36-87-55)70-58(82)49-30-42(80)33-78(49)59(83)56(62(3,4)5)72-60(84)64(67)18-19-64/h10-15,28-29,32,36,42-43,48-49,56,79-80,85H,7-9,16-27,30-31,33-35H2,1-6H3,(H,70,82)(H,72,84)/t42-,43?,48+,49+,56-,63-/m1/s1.